The van der Waals surface area contributed by atoms with Crippen molar-refractivity contribution in [1.29, 1.82) is 0 Å². The SMILES string of the molecule is OC1CCCC1C(O)(C(F)(F)F)C(F)(F)Cl. The average molecular weight is 269 g/mol. The first-order chi connectivity index (χ1) is 7.02. The Morgan fingerprint density at radius 3 is 1.81 bits per heavy atom. The molecule has 16 heavy (non-hydrogen) atoms. The molecule has 1 fully saturated rings. The molecule has 0 aromatic rings. The third kappa shape index (κ3) is 2.00. The molecule has 0 saturated heterocycles. The maximum absolute atomic E-state index is 12.8. The first-order valence-electron chi connectivity index (χ1n) is 4.55. The first kappa shape index (κ1) is 13.9. The Morgan fingerprint density at radius 1 is 1.06 bits per heavy atom. The highest BCUT2D eigenvalue weighted by Crippen LogP contribution is 2.53. The molecule has 1 aliphatic rings. The molecule has 1 saturated carbocycles. The zero-order valence-electron chi connectivity index (χ0n) is 7.94. The number of hydrogen-bond acceptors (Lipinski definition) is 2. The molecule has 0 spiro atoms. The summed E-state index contributed by atoms with van der Waals surface area (Å²) in [6.07, 6.45) is -7.50. The van der Waals surface area contributed by atoms with Crippen LogP contribution in [-0.4, -0.2) is 33.5 Å². The van der Waals surface area contributed by atoms with E-state index in [1.54, 1.807) is 0 Å². The molecule has 0 bridgehead atoms. The molecule has 0 heterocycles. The molecular weight excluding hydrogens is 259 g/mol. The van der Waals surface area contributed by atoms with Gasteiger partial charge in [0.1, 0.15) is 0 Å². The van der Waals surface area contributed by atoms with E-state index in [4.69, 9.17) is 0 Å². The van der Waals surface area contributed by atoms with Gasteiger partial charge in [-0.3, -0.25) is 0 Å². The van der Waals surface area contributed by atoms with Crippen molar-refractivity contribution in [3.05, 3.63) is 0 Å². The van der Waals surface area contributed by atoms with Crippen LogP contribution in [0.1, 0.15) is 19.3 Å². The minimum Gasteiger partial charge on any atom is -0.393 e. The van der Waals surface area contributed by atoms with Crippen LogP contribution in [0, 0.1) is 5.92 Å². The third-order valence-corrected chi connectivity index (χ3v) is 3.17. The summed E-state index contributed by atoms with van der Waals surface area (Å²) in [5.74, 6) is -2.00. The maximum atomic E-state index is 12.8. The summed E-state index contributed by atoms with van der Waals surface area (Å²) in [4.78, 5) is 0. The Bertz CT molecular complexity index is 248. The molecule has 0 radical (unpaired) electrons. The van der Waals surface area contributed by atoms with Gasteiger partial charge < -0.3 is 10.2 Å². The first-order valence-corrected chi connectivity index (χ1v) is 4.93. The van der Waals surface area contributed by atoms with Crippen molar-refractivity contribution in [2.45, 2.75) is 42.5 Å². The normalized spacial score (nSPS) is 31.5. The van der Waals surface area contributed by atoms with Gasteiger partial charge in [-0.25, -0.2) is 0 Å². The van der Waals surface area contributed by atoms with Crippen LogP contribution in [0.4, 0.5) is 22.0 Å². The Balaban J connectivity index is 3.15. The van der Waals surface area contributed by atoms with Crippen molar-refractivity contribution < 1.29 is 32.2 Å². The van der Waals surface area contributed by atoms with E-state index in [2.05, 4.69) is 11.6 Å². The van der Waals surface area contributed by atoms with Crippen LogP contribution in [0.2, 0.25) is 0 Å². The smallest absolute Gasteiger partial charge is 0.393 e. The lowest BCUT2D eigenvalue weighted by molar-refractivity contribution is -0.335. The predicted molar refractivity (Wildman–Crippen MR) is 45.2 cm³/mol. The fraction of sp³-hybridized carbons (Fsp3) is 1.00. The molecule has 0 aromatic heterocycles. The highest BCUT2D eigenvalue weighted by atomic mass is 35.5. The van der Waals surface area contributed by atoms with Gasteiger partial charge in [0.25, 0.3) is 0 Å². The van der Waals surface area contributed by atoms with Gasteiger partial charge in [0.15, 0.2) is 0 Å². The van der Waals surface area contributed by atoms with Crippen LogP contribution in [0.3, 0.4) is 0 Å². The summed E-state index contributed by atoms with van der Waals surface area (Å²) in [7, 11) is 0. The molecule has 2 nitrogen and oxygen atoms in total. The van der Waals surface area contributed by atoms with Gasteiger partial charge in [-0.05, 0) is 24.4 Å². The van der Waals surface area contributed by atoms with E-state index in [0.29, 0.717) is 0 Å². The molecule has 3 unspecified atom stereocenters. The lowest BCUT2D eigenvalue weighted by Crippen LogP contribution is -2.62. The topological polar surface area (TPSA) is 40.5 Å². The predicted octanol–water partition coefficient (Wildman–Crippen LogP) is 2.27. The molecule has 0 aromatic carbocycles. The van der Waals surface area contributed by atoms with E-state index in [1.807, 2.05) is 0 Å². The second-order valence-corrected chi connectivity index (χ2v) is 4.34. The summed E-state index contributed by atoms with van der Waals surface area (Å²) in [5.41, 5.74) is -4.39. The zero-order valence-corrected chi connectivity index (χ0v) is 8.69. The van der Waals surface area contributed by atoms with Crippen molar-refractivity contribution in [2.75, 3.05) is 0 Å². The van der Waals surface area contributed by atoms with E-state index >= 15 is 0 Å². The molecule has 0 amide bonds. The summed E-state index contributed by atoms with van der Waals surface area (Å²) in [6.45, 7) is 0. The summed E-state index contributed by atoms with van der Waals surface area (Å²) < 4.78 is 63.1. The van der Waals surface area contributed by atoms with Crippen LogP contribution in [-0.2, 0) is 0 Å². The molecule has 2 N–H and O–H groups in total. The molecule has 1 aliphatic carbocycles. The van der Waals surface area contributed by atoms with E-state index in [0.717, 1.165) is 0 Å². The van der Waals surface area contributed by atoms with Crippen LogP contribution in [0.5, 0.6) is 0 Å². The van der Waals surface area contributed by atoms with E-state index < -0.39 is 29.2 Å². The van der Waals surface area contributed by atoms with Gasteiger partial charge >= 0.3 is 11.6 Å². The van der Waals surface area contributed by atoms with Gasteiger partial charge in [-0.1, -0.05) is 6.42 Å². The Labute approximate surface area is 93.0 Å². The number of rotatable bonds is 2. The number of halogens is 6. The highest BCUT2D eigenvalue weighted by Gasteiger charge is 2.73. The largest absolute Gasteiger partial charge is 0.424 e. The van der Waals surface area contributed by atoms with Gasteiger partial charge in [-0.2, -0.15) is 22.0 Å². The van der Waals surface area contributed by atoms with Crippen molar-refractivity contribution >= 4 is 11.6 Å². The summed E-state index contributed by atoms with van der Waals surface area (Å²) in [5, 5.41) is 13.5. The quantitative estimate of drug-likeness (QED) is 0.596. The van der Waals surface area contributed by atoms with Crippen molar-refractivity contribution in [3.8, 4) is 0 Å². The van der Waals surface area contributed by atoms with Crippen molar-refractivity contribution in [2.24, 2.45) is 5.92 Å². The molecule has 0 aliphatic heterocycles. The Hall–Kier alpha value is -0.140. The average Bonchev–Trinajstić information content (AvgIpc) is 2.46. The highest BCUT2D eigenvalue weighted by molar-refractivity contribution is 6.22. The molecular formula is C8H10ClF5O2. The maximum Gasteiger partial charge on any atom is 0.424 e. The van der Waals surface area contributed by atoms with Crippen LogP contribution >= 0.6 is 11.6 Å². The molecule has 96 valence electrons. The fourth-order valence-corrected chi connectivity index (χ4v) is 2.26. The summed E-state index contributed by atoms with van der Waals surface area (Å²) >= 11 is 4.36. The van der Waals surface area contributed by atoms with Crippen LogP contribution in [0.15, 0.2) is 0 Å². The van der Waals surface area contributed by atoms with Gasteiger partial charge in [0.2, 0.25) is 5.60 Å². The van der Waals surface area contributed by atoms with E-state index in [9.17, 15) is 32.2 Å². The van der Waals surface area contributed by atoms with Crippen molar-refractivity contribution in [1.82, 2.24) is 0 Å². The Kier molecular flexibility index (Phi) is 3.44. The van der Waals surface area contributed by atoms with Gasteiger partial charge in [-0.15, -0.1) is 0 Å². The third-order valence-electron chi connectivity index (χ3n) is 2.88. The molecule has 3 atom stereocenters. The number of aliphatic hydroxyl groups is 2. The van der Waals surface area contributed by atoms with Gasteiger partial charge in [0, 0.05) is 5.92 Å². The second-order valence-electron chi connectivity index (χ2n) is 3.87. The van der Waals surface area contributed by atoms with Crippen molar-refractivity contribution in [3.63, 3.8) is 0 Å². The summed E-state index contributed by atoms with van der Waals surface area (Å²) in [6, 6.07) is 0. The van der Waals surface area contributed by atoms with Crippen LogP contribution in [0.25, 0.3) is 0 Å². The van der Waals surface area contributed by atoms with E-state index in [1.165, 1.54) is 0 Å². The lowest BCUT2D eigenvalue weighted by Gasteiger charge is -2.39. The number of alkyl halides is 6. The van der Waals surface area contributed by atoms with Gasteiger partial charge in [0.05, 0.1) is 6.10 Å². The zero-order chi connectivity index (χ0) is 12.8. The van der Waals surface area contributed by atoms with Crippen LogP contribution < -0.4 is 0 Å². The monoisotopic (exact) mass is 268 g/mol. The molecule has 1 rings (SSSR count). The number of aliphatic hydroxyl groups excluding tert-OH is 1. The second kappa shape index (κ2) is 3.96. The lowest BCUT2D eigenvalue weighted by atomic mass is 9.84. The fourth-order valence-electron chi connectivity index (χ4n) is 2.01. The number of hydrogen-bond donors (Lipinski definition) is 2. The Morgan fingerprint density at radius 2 is 1.56 bits per heavy atom. The molecule has 8 heteroatoms. The minimum absolute atomic E-state index is 0.0595. The van der Waals surface area contributed by atoms with E-state index in [-0.39, 0.29) is 19.3 Å². The minimum atomic E-state index is -5.60. The standard InChI is InChI=1S/C8H10ClF5O2/c9-7(10,11)6(16,8(12,13)14)4-2-1-3-5(4)15/h4-5,15-16H,1-3H2.